The van der Waals surface area contributed by atoms with Crippen LogP contribution in [-0.4, -0.2) is 25.2 Å². The molecule has 1 unspecified atom stereocenters. The van der Waals surface area contributed by atoms with E-state index in [9.17, 15) is 18.8 Å². The van der Waals surface area contributed by atoms with Crippen LogP contribution >= 0.6 is 0 Å². The smallest absolute Gasteiger partial charge is 0.273 e. The predicted molar refractivity (Wildman–Crippen MR) is 113 cm³/mol. The average molecular weight is 421 g/mol. The van der Waals surface area contributed by atoms with Crippen LogP contribution in [0.3, 0.4) is 0 Å². The van der Waals surface area contributed by atoms with Gasteiger partial charge in [-0.25, -0.2) is 14.1 Å². The maximum Gasteiger partial charge on any atom is 0.273 e. The van der Waals surface area contributed by atoms with Crippen LogP contribution in [-0.2, 0) is 18.4 Å². The molecule has 2 N–H and O–H groups in total. The van der Waals surface area contributed by atoms with Gasteiger partial charge in [-0.15, -0.1) is 0 Å². The minimum Gasteiger partial charge on any atom is -0.342 e. The summed E-state index contributed by atoms with van der Waals surface area (Å²) >= 11 is 0. The first-order chi connectivity index (χ1) is 14.9. The van der Waals surface area contributed by atoms with Crippen molar-refractivity contribution in [2.24, 2.45) is 7.05 Å². The van der Waals surface area contributed by atoms with Gasteiger partial charge in [-0.3, -0.25) is 19.5 Å². The van der Waals surface area contributed by atoms with Crippen LogP contribution in [0.25, 0.3) is 10.8 Å². The Morgan fingerprint density at radius 2 is 1.94 bits per heavy atom. The number of fused-ring (bicyclic) bond motifs is 1. The van der Waals surface area contributed by atoms with Gasteiger partial charge in [0.25, 0.3) is 11.1 Å². The first kappa shape index (κ1) is 20.3. The number of aromatic amines is 1. The highest BCUT2D eigenvalue weighted by molar-refractivity contribution is 5.80. The van der Waals surface area contributed by atoms with Crippen molar-refractivity contribution in [2.45, 2.75) is 19.0 Å². The topological polar surface area (TPSA) is 102 Å². The zero-order chi connectivity index (χ0) is 22.0. The summed E-state index contributed by atoms with van der Waals surface area (Å²) in [5.74, 6) is -0.264. The average Bonchev–Trinajstić information content (AvgIpc) is 3.19. The third kappa shape index (κ3) is 4.16. The van der Waals surface area contributed by atoms with Gasteiger partial charge in [0.15, 0.2) is 0 Å². The van der Waals surface area contributed by atoms with Crippen LogP contribution in [0.1, 0.15) is 23.9 Å². The Labute approximate surface area is 176 Å². The summed E-state index contributed by atoms with van der Waals surface area (Å²) in [5.41, 5.74) is -0.242. The van der Waals surface area contributed by atoms with E-state index in [1.54, 1.807) is 60.4 Å². The second-order valence-corrected chi connectivity index (χ2v) is 7.15. The lowest BCUT2D eigenvalue weighted by molar-refractivity contribution is -0.121. The van der Waals surface area contributed by atoms with E-state index in [2.05, 4.69) is 15.4 Å². The number of rotatable bonds is 6. The molecule has 0 aliphatic heterocycles. The number of aromatic nitrogens is 4. The molecule has 0 fully saturated rings. The number of hydrogen-bond acceptors (Lipinski definition) is 4. The van der Waals surface area contributed by atoms with Gasteiger partial charge in [-0.2, -0.15) is 0 Å². The van der Waals surface area contributed by atoms with Gasteiger partial charge in [-0.1, -0.05) is 24.3 Å². The molecule has 1 atom stereocenters. The lowest BCUT2D eigenvalue weighted by atomic mass is 10.1. The molecule has 0 spiro atoms. The van der Waals surface area contributed by atoms with E-state index in [0.29, 0.717) is 16.8 Å². The number of nitrogens with zero attached hydrogens (tertiary/aromatic N) is 3. The van der Waals surface area contributed by atoms with E-state index in [-0.39, 0.29) is 29.8 Å². The number of H-pyrrole nitrogens is 1. The molecule has 2 aromatic heterocycles. The Balaban J connectivity index is 1.56. The molecule has 0 saturated carbocycles. The molecule has 0 bridgehead atoms. The van der Waals surface area contributed by atoms with Gasteiger partial charge in [0, 0.05) is 25.9 Å². The van der Waals surface area contributed by atoms with Crippen LogP contribution < -0.4 is 16.4 Å². The van der Waals surface area contributed by atoms with E-state index in [0.717, 1.165) is 4.68 Å². The fourth-order valence-electron chi connectivity index (χ4n) is 3.49. The molecule has 8 nitrogen and oxygen atoms in total. The predicted octanol–water partition coefficient (Wildman–Crippen LogP) is 1.86. The maximum atomic E-state index is 13.8. The fourth-order valence-corrected chi connectivity index (χ4v) is 3.49. The molecular weight excluding hydrogens is 401 g/mol. The maximum absolute atomic E-state index is 13.8. The Hall–Kier alpha value is -4.01. The van der Waals surface area contributed by atoms with Crippen LogP contribution in [0, 0.1) is 5.82 Å². The molecule has 0 aliphatic rings. The van der Waals surface area contributed by atoms with E-state index < -0.39 is 17.4 Å². The molecule has 0 saturated heterocycles. The number of imidazole rings is 1. The van der Waals surface area contributed by atoms with Gasteiger partial charge in [0.1, 0.15) is 17.7 Å². The molecule has 2 aromatic carbocycles. The van der Waals surface area contributed by atoms with Gasteiger partial charge < -0.3 is 9.88 Å². The van der Waals surface area contributed by atoms with E-state index >= 15 is 0 Å². The summed E-state index contributed by atoms with van der Waals surface area (Å²) in [6.45, 7) is -0.0127. The summed E-state index contributed by atoms with van der Waals surface area (Å²) < 4.78 is 16.6. The van der Waals surface area contributed by atoms with Crippen LogP contribution in [0.4, 0.5) is 4.39 Å². The molecule has 0 radical (unpaired) electrons. The molecule has 9 heteroatoms. The highest BCUT2D eigenvalue weighted by Gasteiger charge is 2.21. The number of carbonyl (C=O) groups is 1. The molecule has 1 amide bonds. The van der Waals surface area contributed by atoms with Crippen molar-refractivity contribution in [3.63, 3.8) is 0 Å². The summed E-state index contributed by atoms with van der Waals surface area (Å²) in [6, 6.07) is 11.8. The summed E-state index contributed by atoms with van der Waals surface area (Å²) in [7, 11) is 1.78. The zero-order valence-electron chi connectivity index (χ0n) is 16.7. The Bertz CT molecular complexity index is 1370. The molecule has 0 aliphatic carbocycles. The lowest BCUT2D eigenvalue weighted by Gasteiger charge is -2.19. The summed E-state index contributed by atoms with van der Waals surface area (Å²) in [4.78, 5) is 41.8. The van der Waals surface area contributed by atoms with Crippen molar-refractivity contribution in [3.8, 4) is 0 Å². The Kier molecular flexibility index (Phi) is 5.48. The molecule has 4 rings (SSSR count). The zero-order valence-corrected chi connectivity index (χ0v) is 16.7. The minimum atomic E-state index is -0.671. The number of benzene rings is 2. The highest BCUT2D eigenvalue weighted by Crippen LogP contribution is 2.21. The van der Waals surface area contributed by atoms with Crippen molar-refractivity contribution in [2.75, 3.05) is 0 Å². The van der Waals surface area contributed by atoms with Crippen molar-refractivity contribution >= 4 is 16.7 Å². The van der Waals surface area contributed by atoms with E-state index in [4.69, 9.17) is 0 Å². The molecule has 2 heterocycles. The largest absolute Gasteiger partial charge is 0.342 e. The Morgan fingerprint density at radius 3 is 2.65 bits per heavy atom. The van der Waals surface area contributed by atoms with Crippen LogP contribution in [0.15, 0.2) is 70.5 Å². The molecular formula is C22H20FN5O3. The van der Waals surface area contributed by atoms with Gasteiger partial charge in [-0.05, 0) is 29.8 Å². The molecule has 158 valence electrons. The first-order valence-corrected chi connectivity index (χ1v) is 9.68. The van der Waals surface area contributed by atoms with Gasteiger partial charge >= 0.3 is 0 Å². The summed E-state index contributed by atoms with van der Waals surface area (Å²) in [5, 5.41) is 5.94. The van der Waals surface area contributed by atoms with E-state index in [1.807, 2.05) is 0 Å². The van der Waals surface area contributed by atoms with Gasteiger partial charge in [0.05, 0.1) is 17.3 Å². The quantitative estimate of drug-likeness (QED) is 0.496. The highest BCUT2D eigenvalue weighted by atomic mass is 19.1. The monoisotopic (exact) mass is 421 g/mol. The fraction of sp³-hybridized carbons (Fsp3) is 0.182. The van der Waals surface area contributed by atoms with Crippen molar-refractivity contribution < 1.29 is 9.18 Å². The molecule has 4 aromatic rings. The third-order valence-corrected chi connectivity index (χ3v) is 5.05. The number of aryl methyl sites for hydroxylation is 2. The second kappa shape index (κ2) is 8.39. The SMILES string of the molecule is Cn1ccnc1C(NC(=O)CCn1[nH]c(=O)c2ccccc2c1=O)c1cccc(F)c1. The van der Waals surface area contributed by atoms with E-state index in [1.165, 1.54) is 12.1 Å². The lowest BCUT2D eigenvalue weighted by Crippen LogP contribution is -2.34. The number of hydrogen-bond donors (Lipinski definition) is 2. The number of halogens is 1. The number of nitrogens with one attached hydrogen (secondary N) is 2. The normalized spacial score (nSPS) is 12.1. The van der Waals surface area contributed by atoms with Crippen LogP contribution in [0.5, 0.6) is 0 Å². The van der Waals surface area contributed by atoms with Crippen molar-refractivity contribution in [3.05, 3.63) is 98.8 Å². The Morgan fingerprint density at radius 1 is 1.16 bits per heavy atom. The minimum absolute atomic E-state index is 0.0127. The first-order valence-electron chi connectivity index (χ1n) is 9.68. The van der Waals surface area contributed by atoms with Crippen LogP contribution in [0.2, 0.25) is 0 Å². The second-order valence-electron chi connectivity index (χ2n) is 7.15. The van der Waals surface area contributed by atoms with Gasteiger partial charge in [0.2, 0.25) is 5.91 Å². The van der Waals surface area contributed by atoms with Crippen molar-refractivity contribution in [1.82, 2.24) is 24.6 Å². The number of carbonyl (C=O) groups excluding carboxylic acids is 1. The summed E-state index contributed by atoms with van der Waals surface area (Å²) in [6.07, 6.45) is 3.25. The number of amides is 1. The van der Waals surface area contributed by atoms with Crippen molar-refractivity contribution in [1.29, 1.82) is 0 Å². The third-order valence-electron chi connectivity index (χ3n) is 5.05. The standard InChI is InChI=1S/C22H20FN5O3/c1-27-12-10-24-20(27)19(14-5-4-6-15(23)13-14)25-18(29)9-11-28-22(31)17-8-3-2-7-16(17)21(30)26-28/h2-8,10,12-13,19H,9,11H2,1H3,(H,25,29)(H,26,30). The molecule has 31 heavy (non-hydrogen) atoms.